The minimum Gasteiger partial charge on any atom is -0.497 e. The lowest BCUT2D eigenvalue weighted by Crippen LogP contribution is -2.12. The van der Waals surface area contributed by atoms with Crippen LogP contribution in [0, 0.1) is 0 Å². The van der Waals surface area contributed by atoms with E-state index in [2.05, 4.69) is 48.2 Å². The number of hydrogen-bond acceptors (Lipinski definition) is 4. The third kappa shape index (κ3) is 4.11. The summed E-state index contributed by atoms with van der Waals surface area (Å²) in [5.74, 6) is 1.17. The number of anilines is 2. The van der Waals surface area contributed by atoms with Gasteiger partial charge in [-0.1, -0.05) is 32.9 Å². The Hall–Kier alpha value is -3.08. The normalized spacial score (nSPS) is 11.2. The molecular formula is C21H23N3O2. The lowest BCUT2D eigenvalue weighted by Gasteiger charge is -2.19. The van der Waals surface area contributed by atoms with Crippen molar-refractivity contribution in [3.63, 3.8) is 0 Å². The Bertz CT molecular complexity index is 937. The van der Waals surface area contributed by atoms with E-state index in [1.807, 2.05) is 36.4 Å². The predicted molar refractivity (Wildman–Crippen MR) is 105 cm³/mol. The molecule has 3 rings (SSSR count). The zero-order valence-electron chi connectivity index (χ0n) is 15.5. The first-order valence-corrected chi connectivity index (χ1v) is 8.48. The zero-order chi connectivity index (χ0) is 18.7. The van der Waals surface area contributed by atoms with Crippen molar-refractivity contribution in [1.29, 1.82) is 0 Å². The molecule has 0 aliphatic carbocycles. The van der Waals surface area contributed by atoms with Gasteiger partial charge in [0.15, 0.2) is 0 Å². The molecule has 0 fully saturated rings. The van der Waals surface area contributed by atoms with Gasteiger partial charge in [0.05, 0.1) is 12.8 Å². The molecule has 134 valence electrons. The van der Waals surface area contributed by atoms with Crippen molar-refractivity contribution in [2.24, 2.45) is 0 Å². The number of nitrogens with zero attached hydrogens (tertiary/aromatic N) is 1. The second-order valence-electron chi connectivity index (χ2n) is 7.16. The number of nitrogens with one attached hydrogen (secondary N) is 2. The van der Waals surface area contributed by atoms with Crippen molar-refractivity contribution >= 4 is 11.6 Å². The Morgan fingerprint density at radius 1 is 1.00 bits per heavy atom. The Morgan fingerprint density at radius 3 is 2.23 bits per heavy atom. The van der Waals surface area contributed by atoms with E-state index in [-0.39, 0.29) is 11.0 Å². The van der Waals surface area contributed by atoms with Gasteiger partial charge < -0.3 is 10.1 Å². The van der Waals surface area contributed by atoms with Crippen LogP contribution in [0.1, 0.15) is 26.3 Å². The van der Waals surface area contributed by atoms with Gasteiger partial charge in [0, 0.05) is 17.3 Å². The van der Waals surface area contributed by atoms with E-state index in [4.69, 9.17) is 4.74 Å². The fraction of sp³-hybridized carbons (Fsp3) is 0.238. The number of aromatic nitrogens is 2. The number of methoxy groups -OCH3 is 1. The van der Waals surface area contributed by atoms with Gasteiger partial charge in [-0.3, -0.25) is 9.78 Å². The van der Waals surface area contributed by atoms with Crippen molar-refractivity contribution < 1.29 is 4.74 Å². The quantitative estimate of drug-likeness (QED) is 0.728. The number of H-pyrrole nitrogens is 1. The minimum atomic E-state index is -0.209. The third-order valence-electron chi connectivity index (χ3n) is 4.14. The summed E-state index contributed by atoms with van der Waals surface area (Å²) in [7, 11) is 1.62. The van der Waals surface area contributed by atoms with Crippen LogP contribution in [0.3, 0.4) is 0 Å². The first-order valence-electron chi connectivity index (χ1n) is 8.48. The van der Waals surface area contributed by atoms with Gasteiger partial charge in [0.1, 0.15) is 5.75 Å². The SMILES string of the molecule is COc1ccc(-c2cc(=O)[nH]c(Nc3ccc(C(C)(C)C)cc3)n2)cc1. The fourth-order valence-corrected chi connectivity index (χ4v) is 2.62. The highest BCUT2D eigenvalue weighted by Crippen LogP contribution is 2.25. The summed E-state index contributed by atoms with van der Waals surface area (Å²) < 4.78 is 5.16. The molecule has 3 aromatic rings. The molecule has 0 amide bonds. The second-order valence-corrected chi connectivity index (χ2v) is 7.16. The highest BCUT2D eigenvalue weighted by molar-refractivity contribution is 5.62. The molecule has 1 heterocycles. The maximum atomic E-state index is 12.0. The molecule has 26 heavy (non-hydrogen) atoms. The Morgan fingerprint density at radius 2 is 1.65 bits per heavy atom. The molecule has 5 heteroatoms. The van der Waals surface area contributed by atoms with Gasteiger partial charge in [-0.2, -0.15) is 0 Å². The van der Waals surface area contributed by atoms with Crippen LogP contribution in [0.4, 0.5) is 11.6 Å². The summed E-state index contributed by atoms with van der Waals surface area (Å²) in [6, 6.07) is 17.1. The highest BCUT2D eigenvalue weighted by Gasteiger charge is 2.13. The van der Waals surface area contributed by atoms with Crippen LogP contribution in [0.5, 0.6) is 5.75 Å². The first-order chi connectivity index (χ1) is 12.3. The van der Waals surface area contributed by atoms with E-state index < -0.39 is 0 Å². The molecule has 0 aliphatic rings. The Kier molecular flexibility index (Phi) is 4.80. The monoisotopic (exact) mass is 349 g/mol. The summed E-state index contributed by atoms with van der Waals surface area (Å²) in [6.45, 7) is 6.52. The number of hydrogen-bond donors (Lipinski definition) is 2. The van der Waals surface area contributed by atoms with E-state index in [1.54, 1.807) is 7.11 Å². The van der Waals surface area contributed by atoms with Crippen molar-refractivity contribution in [1.82, 2.24) is 9.97 Å². The average molecular weight is 349 g/mol. The van der Waals surface area contributed by atoms with Gasteiger partial charge in [0.2, 0.25) is 5.95 Å². The van der Waals surface area contributed by atoms with E-state index in [0.29, 0.717) is 11.6 Å². The largest absolute Gasteiger partial charge is 0.497 e. The van der Waals surface area contributed by atoms with Crippen LogP contribution in [0.2, 0.25) is 0 Å². The number of aromatic amines is 1. The maximum Gasteiger partial charge on any atom is 0.252 e. The molecule has 0 saturated heterocycles. The Balaban J connectivity index is 1.86. The predicted octanol–water partition coefficient (Wildman–Crippen LogP) is 4.49. The fourth-order valence-electron chi connectivity index (χ4n) is 2.62. The third-order valence-corrected chi connectivity index (χ3v) is 4.14. The van der Waals surface area contributed by atoms with Gasteiger partial charge in [-0.25, -0.2) is 4.98 Å². The first kappa shape index (κ1) is 17.7. The molecule has 0 unspecified atom stereocenters. The molecule has 0 atom stereocenters. The minimum absolute atomic E-state index is 0.0966. The molecule has 0 saturated carbocycles. The highest BCUT2D eigenvalue weighted by atomic mass is 16.5. The molecular weight excluding hydrogens is 326 g/mol. The van der Waals surface area contributed by atoms with E-state index in [9.17, 15) is 4.79 Å². The van der Waals surface area contributed by atoms with Crippen molar-refractivity contribution in [2.75, 3.05) is 12.4 Å². The summed E-state index contributed by atoms with van der Waals surface area (Å²) >= 11 is 0. The lowest BCUT2D eigenvalue weighted by molar-refractivity contribution is 0.415. The smallest absolute Gasteiger partial charge is 0.252 e. The summed E-state index contributed by atoms with van der Waals surface area (Å²) in [5, 5.41) is 3.16. The van der Waals surface area contributed by atoms with Crippen molar-refractivity contribution in [3.05, 3.63) is 70.5 Å². The van der Waals surface area contributed by atoms with Crippen molar-refractivity contribution in [2.45, 2.75) is 26.2 Å². The van der Waals surface area contributed by atoms with E-state index in [1.165, 1.54) is 11.6 Å². The van der Waals surface area contributed by atoms with Crippen LogP contribution in [-0.2, 0) is 5.41 Å². The number of rotatable bonds is 4. The average Bonchev–Trinajstić information content (AvgIpc) is 2.61. The van der Waals surface area contributed by atoms with Crippen LogP contribution in [0.25, 0.3) is 11.3 Å². The number of ether oxygens (including phenoxy) is 1. The van der Waals surface area contributed by atoms with E-state index in [0.717, 1.165) is 17.0 Å². The van der Waals surface area contributed by atoms with E-state index >= 15 is 0 Å². The molecule has 2 N–H and O–H groups in total. The molecule has 0 aliphatic heterocycles. The van der Waals surface area contributed by atoms with Crippen LogP contribution >= 0.6 is 0 Å². The lowest BCUT2D eigenvalue weighted by atomic mass is 9.87. The molecule has 2 aromatic carbocycles. The Labute approximate surface area is 153 Å². The van der Waals surface area contributed by atoms with Gasteiger partial charge in [-0.15, -0.1) is 0 Å². The molecule has 0 radical (unpaired) electrons. The molecule has 5 nitrogen and oxygen atoms in total. The number of benzene rings is 2. The zero-order valence-corrected chi connectivity index (χ0v) is 15.5. The van der Waals surface area contributed by atoms with Gasteiger partial charge in [0.25, 0.3) is 5.56 Å². The topological polar surface area (TPSA) is 67.0 Å². The molecule has 0 bridgehead atoms. The van der Waals surface area contributed by atoms with Crippen LogP contribution in [-0.4, -0.2) is 17.1 Å². The summed E-state index contributed by atoms with van der Waals surface area (Å²) in [4.78, 5) is 19.3. The van der Waals surface area contributed by atoms with Crippen LogP contribution < -0.4 is 15.6 Å². The van der Waals surface area contributed by atoms with Crippen molar-refractivity contribution in [3.8, 4) is 17.0 Å². The standard InChI is InChI=1S/C21H23N3O2/c1-21(2,3)15-7-9-16(10-8-15)22-20-23-18(13-19(25)24-20)14-5-11-17(26-4)12-6-14/h5-13H,1-4H3,(H2,22,23,24,25). The maximum absolute atomic E-state index is 12.0. The molecule has 0 spiro atoms. The second kappa shape index (κ2) is 7.04. The summed E-state index contributed by atoms with van der Waals surface area (Å²) in [6.07, 6.45) is 0. The van der Waals surface area contributed by atoms with Crippen LogP contribution in [0.15, 0.2) is 59.4 Å². The van der Waals surface area contributed by atoms with Gasteiger partial charge >= 0.3 is 0 Å². The summed E-state index contributed by atoms with van der Waals surface area (Å²) in [5.41, 5.74) is 3.46. The molecule has 1 aromatic heterocycles. The van der Waals surface area contributed by atoms with Gasteiger partial charge in [-0.05, 0) is 47.4 Å².